The normalized spacial score (nSPS) is 43.2. The third-order valence-electron chi connectivity index (χ3n) is 10.9. The number of carboxylic acids is 1. The van der Waals surface area contributed by atoms with E-state index in [1.165, 1.54) is 10.5 Å². The number of carboxylic acid groups (broad SMARTS) is 1. The summed E-state index contributed by atoms with van der Waals surface area (Å²) in [6.07, 6.45) is 6.85. The predicted molar refractivity (Wildman–Crippen MR) is 136 cm³/mol. The van der Waals surface area contributed by atoms with Crippen molar-refractivity contribution in [3.8, 4) is 0 Å². The molecule has 0 aromatic rings. The van der Waals surface area contributed by atoms with Crippen molar-refractivity contribution in [3.63, 3.8) is 0 Å². The third kappa shape index (κ3) is 4.02. The Kier molecular flexibility index (Phi) is 6.97. The lowest BCUT2D eigenvalue weighted by molar-refractivity contribution is -0.181. The fourth-order valence-electron chi connectivity index (χ4n) is 8.94. The van der Waals surface area contributed by atoms with Crippen LogP contribution in [0.5, 0.6) is 0 Å². The molecule has 210 valence electrons. The average molecular weight is 533 g/mol. The molecular formula is C28H40N2O8. The molecule has 1 amide bonds. The van der Waals surface area contributed by atoms with Crippen molar-refractivity contribution in [2.45, 2.75) is 89.4 Å². The number of aliphatic hydroxyl groups excluding tert-OH is 2. The molecule has 0 spiro atoms. The van der Waals surface area contributed by atoms with E-state index >= 15 is 0 Å². The van der Waals surface area contributed by atoms with Gasteiger partial charge < -0.3 is 30.2 Å². The number of aliphatic carboxylic acids is 1. The minimum absolute atomic E-state index is 0.000631. The molecule has 5 rings (SSSR count). The van der Waals surface area contributed by atoms with E-state index < -0.39 is 41.5 Å². The maximum absolute atomic E-state index is 12.6. The van der Waals surface area contributed by atoms with Crippen LogP contribution < -0.4 is 0 Å². The monoisotopic (exact) mass is 532 g/mol. The highest BCUT2D eigenvalue weighted by atomic mass is 16.6. The maximum Gasteiger partial charge on any atom is 0.326 e. The zero-order chi connectivity index (χ0) is 27.5. The van der Waals surface area contributed by atoms with E-state index in [4.69, 9.17) is 4.84 Å². The molecule has 0 aromatic carbocycles. The van der Waals surface area contributed by atoms with Crippen LogP contribution in [0, 0.1) is 28.6 Å². The summed E-state index contributed by atoms with van der Waals surface area (Å²) in [5, 5.41) is 45.9. The molecule has 1 heterocycles. The molecule has 5 aliphatic rings. The van der Waals surface area contributed by atoms with Crippen molar-refractivity contribution in [3.05, 3.63) is 11.6 Å². The molecule has 0 aromatic heterocycles. The highest BCUT2D eigenvalue weighted by molar-refractivity contribution is 5.96. The van der Waals surface area contributed by atoms with E-state index in [-0.39, 0.29) is 35.7 Å². The van der Waals surface area contributed by atoms with Gasteiger partial charge in [0.05, 0.1) is 11.8 Å². The molecule has 4 fully saturated rings. The van der Waals surface area contributed by atoms with Gasteiger partial charge in [0.25, 0.3) is 5.91 Å². The number of likely N-dealkylation sites (tertiary alicyclic amines) is 1. The van der Waals surface area contributed by atoms with Crippen molar-refractivity contribution in [2.24, 2.45) is 33.7 Å². The van der Waals surface area contributed by atoms with Crippen molar-refractivity contribution in [1.82, 2.24) is 4.90 Å². The molecule has 0 radical (unpaired) electrons. The zero-order valence-corrected chi connectivity index (χ0v) is 22.3. The summed E-state index contributed by atoms with van der Waals surface area (Å²) < 4.78 is 0. The van der Waals surface area contributed by atoms with Crippen LogP contribution in [0.2, 0.25) is 0 Å². The van der Waals surface area contributed by atoms with Crippen LogP contribution in [-0.4, -0.2) is 86.2 Å². The summed E-state index contributed by atoms with van der Waals surface area (Å²) in [7, 11) is 0. The number of Topliss-reactive ketones (excluding diaryl/α,β-unsaturated/α-hetero) is 1. The van der Waals surface area contributed by atoms with Crippen LogP contribution in [-0.2, 0) is 19.2 Å². The number of aliphatic hydroxyl groups is 3. The Bertz CT molecular complexity index is 1070. The topological polar surface area (TPSA) is 157 Å². The van der Waals surface area contributed by atoms with Crippen molar-refractivity contribution in [1.29, 1.82) is 0 Å². The summed E-state index contributed by atoms with van der Waals surface area (Å²) >= 11 is 0. The lowest BCUT2D eigenvalue weighted by Crippen LogP contribution is -2.62. The Morgan fingerprint density at radius 3 is 2.63 bits per heavy atom. The number of amides is 1. The number of carbonyl (C=O) groups excluding carboxylic acids is 2. The van der Waals surface area contributed by atoms with Gasteiger partial charge in [-0.1, -0.05) is 24.6 Å². The van der Waals surface area contributed by atoms with Gasteiger partial charge in [-0.25, -0.2) is 4.79 Å². The number of carbonyl (C=O) groups is 3. The van der Waals surface area contributed by atoms with Gasteiger partial charge in [0.2, 0.25) is 0 Å². The summed E-state index contributed by atoms with van der Waals surface area (Å²) in [5.74, 6) is -1.66. The van der Waals surface area contributed by atoms with Gasteiger partial charge in [0.1, 0.15) is 18.2 Å². The SMILES string of the molecule is C[C@]12CC/C(=N\OCC(=O)N3CCC[C@@H]3C(=O)O)C=C1CC[C@H]1[C@H]2[C@@H](O)C[C@@]2(C)[C@H]1CC[C@]2(O)C(=O)CO. The number of hydrogen-bond acceptors (Lipinski definition) is 8. The number of rotatable bonds is 6. The summed E-state index contributed by atoms with van der Waals surface area (Å²) in [5.41, 5.74) is -0.673. The van der Waals surface area contributed by atoms with Crippen LogP contribution in [0.3, 0.4) is 0 Å². The molecular weight excluding hydrogens is 492 g/mol. The minimum Gasteiger partial charge on any atom is -0.480 e. The Balaban J connectivity index is 1.29. The molecule has 0 bridgehead atoms. The second kappa shape index (κ2) is 9.71. The van der Waals surface area contributed by atoms with E-state index in [9.17, 15) is 34.8 Å². The summed E-state index contributed by atoms with van der Waals surface area (Å²) in [6, 6.07) is -0.798. The van der Waals surface area contributed by atoms with E-state index in [1.54, 1.807) is 0 Å². The number of ketones is 1. The van der Waals surface area contributed by atoms with Gasteiger partial charge >= 0.3 is 5.97 Å². The first-order valence-corrected chi connectivity index (χ1v) is 13.9. The van der Waals surface area contributed by atoms with Crippen LogP contribution in [0.1, 0.15) is 71.6 Å². The molecule has 4 N–H and O–H groups in total. The van der Waals surface area contributed by atoms with E-state index in [1.807, 2.05) is 13.0 Å². The van der Waals surface area contributed by atoms with Gasteiger partial charge in [0, 0.05) is 12.0 Å². The van der Waals surface area contributed by atoms with Crippen molar-refractivity contribution >= 4 is 23.4 Å². The van der Waals surface area contributed by atoms with E-state index in [2.05, 4.69) is 12.1 Å². The lowest BCUT2D eigenvalue weighted by Gasteiger charge is -2.60. The largest absolute Gasteiger partial charge is 0.480 e. The molecule has 4 aliphatic carbocycles. The molecule has 10 heteroatoms. The van der Waals surface area contributed by atoms with Gasteiger partial charge in [-0.2, -0.15) is 0 Å². The smallest absolute Gasteiger partial charge is 0.326 e. The maximum atomic E-state index is 12.6. The van der Waals surface area contributed by atoms with E-state index in [0.717, 1.165) is 25.0 Å². The molecule has 8 atom stereocenters. The number of fused-ring (bicyclic) bond motifs is 5. The third-order valence-corrected chi connectivity index (χ3v) is 10.9. The fraction of sp³-hybridized carbons (Fsp3) is 0.786. The fourth-order valence-corrected chi connectivity index (χ4v) is 8.94. The molecule has 0 unspecified atom stereocenters. The van der Waals surface area contributed by atoms with Gasteiger partial charge in [-0.15, -0.1) is 0 Å². The standard InChI is InChI=1S/C28H40N2O8/c1-26-9-7-17(29-38-15-23(34)30-11-3-4-20(30)25(35)36)12-16(26)5-6-18-19-8-10-28(37,22(33)14-31)27(19,2)13-21(32)24(18)26/h12,18-21,24,31-32,37H,3-11,13-15H2,1-2H3,(H,35,36)/b29-17+/t18-,19+,20-,21+,24+,26+,27+,28+/m1/s1. The Labute approximate surface area is 222 Å². The highest BCUT2D eigenvalue weighted by Crippen LogP contribution is 2.67. The average Bonchev–Trinajstić information content (AvgIpc) is 3.47. The van der Waals surface area contributed by atoms with Crippen LogP contribution in [0.4, 0.5) is 0 Å². The van der Waals surface area contributed by atoms with Crippen molar-refractivity contribution in [2.75, 3.05) is 19.8 Å². The number of oxime groups is 1. The second-order valence-electron chi connectivity index (χ2n) is 12.5. The zero-order valence-electron chi connectivity index (χ0n) is 22.3. The predicted octanol–water partition coefficient (Wildman–Crippen LogP) is 1.66. The van der Waals surface area contributed by atoms with Gasteiger partial charge in [-0.3, -0.25) is 9.59 Å². The minimum atomic E-state index is -1.60. The molecule has 1 saturated heterocycles. The van der Waals surface area contributed by atoms with Gasteiger partial charge in [-0.05, 0) is 87.0 Å². The first kappa shape index (κ1) is 27.3. The second-order valence-corrected chi connectivity index (χ2v) is 12.5. The Morgan fingerprint density at radius 1 is 1.16 bits per heavy atom. The summed E-state index contributed by atoms with van der Waals surface area (Å²) in [4.78, 5) is 43.1. The summed E-state index contributed by atoms with van der Waals surface area (Å²) in [6.45, 7) is 3.53. The molecule has 10 nitrogen and oxygen atoms in total. The lowest BCUT2D eigenvalue weighted by atomic mass is 9.45. The molecule has 3 saturated carbocycles. The Morgan fingerprint density at radius 2 is 1.92 bits per heavy atom. The first-order chi connectivity index (χ1) is 18.0. The molecule has 38 heavy (non-hydrogen) atoms. The van der Waals surface area contributed by atoms with Gasteiger partial charge in [0.15, 0.2) is 12.4 Å². The molecule has 1 aliphatic heterocycles. The number of hydrogen-bond donors (Lipinski definition) is 4. The van der Waals surface area contributed by atoms with Crippen molar-refractivity contribution < 1.29 is 39.6 Å². The number of nitrogens with zero attached hydrogens (tertiary/aromatic N) is 2. The van der Waals surface area contributed by atoms with Crippen LogP contribution in [0.25, 0.3) is 0 Å². The van der Waals surface area contributed by atoms with Crippen LogP contribution in [0.15, 0.2) is 16.8 Å². The quantitative estimate of drug-likeness (QED) is 0.376. The Hall–Kier alpha value is -2.30. The highest BCUT2D eigenvalue weighted by Gasteiger charge is 2.68. The van der Waals surface area contributed by atoms with E-state index in [0.29, 0.717) is 45.1 Å². The van der Waals surface area contributed by atoms with Crippen LogP contribution >= 0.6 is 0 Å². The number of allylic oxidation sites excluding steroid dienone is 2. The first-order valence-electron chi connectivity index (χ1n) is 13.9.